The van der Waals surface area contributed by atoms with Crippen molar-refractivity contribution < 1.29 is 0 Å². The van der Waals surface area contributed by atoms with Gasteiger partial charge in [0.05, 0.1) is 0 Å². The lowest BCUT2D eigenvalue weighted by Crippen LogP contribution is -2.39. The first kappa shape index (κ1) is 17.2. The van der Waals surface area contributed by atoms with E-state index in [2.05, 4.69) is 17.1 Å². The maximum atomic E-state index is 7.85. The maximum Gasteiger partial charge on any atom is 0.221 e. The smallest absolute Gasteiger partial charge is 0.221 e. The van der Waals surface area contributed by atoms with E-state index in [9.17, 15) is 0 Å². The molecule has 1 aromatic rings. The number of halogens is 1. The number of benzene rings is 1. The summed E-state index contributed by atoms with van der Waals surface area (Å²) in [4.78, 5) is 5.66. The zero-order valence-corrected chi connectivity index (χ0v) is 12.2. The highest BCUT2D eigenvalue weighted by molar-refractivity contribution is 5.91. The quantitative estimate of drug-likeness (QED) is 0.578. The van der Waals surface area contributed by atoms with E-state index < -0.39 is 0 Å². The summed E-state index contributed by atoms with van der Waals surface area (Å²) >= 11 is 0. The number of hydrogen-bond acceptors (Lipinski definition) is 1. The highest BCUT2D eigenvalue weighted by Crippen LogP contribution is 2.05. The highest BCUT2D eigenvalue weighted by Gasteiger charge is 2.12. The molecule has 19 heavy (non-hydrogen) atoms. The monoisotopic (exact) mass is 283 g/mol. The van der Waals surface area contributed by atoms with E-state index in [0.717, 1.165) is 13.0 Å². The van der Waals surface area contributed by atoms with Crippen LogP contribution in [0.3, 0.4) is 0 Å². The van der Waals surface area contributed by atoms with E-state index in [1.54, 1.807) is 0 Å². The Morgan fingerprint density at radius 1 is 1.26 bits per heavy atom. The predicted octanol–water partition coefficient (Wildman–Crippen LogP) is 1.57. The summed E-state index contributed by atoms with van der Waals surface area (Å²) in [6.07, 6.45) is 0.862. The van der Waals surface area contributed by atoms with Crippen LogP contribution in [0.2, 0.25) is 0 Å². The lowest BCUT2D eigenvalue weighted by Gasteiger charge is -2.26. The minimum atomic E-state index is -0.0784. The van der Waals surface area contributed by atoms with Crippen molar-refractivity contribution >= 4 is 24.3 Å². The number of nitrogens with one attached hydrogen (secondary N) is 1. The summed E-state index contributed by atoms with van der Waals surface area (Å²) in [6, 6.07) is 10.3. The molecule has 5 nitrogen and oxygen atoms in total. The Bertz CT molecular complexity index is 412. The van der Waals surface area contributed by atoms with Crippen molar-refractivity contribution in [2.75, 3.05) is 6.54 Å². The number of guanidine groups is 2. The average Bonchev–Trinajstić information content (AvgIpc) is 2.29. The van der Waals surface area contributed by atoms with Crippen LogP contribution in [0.15, 0.2) is 35.3 Å². The van der Waals surface area contributed by atoms with Crippen LogP contribution in [0.25, 0.3) is 0 Å². The van der Waals surface area contributed by atoms with Crippen LogP contribution in [0.1, 0.15) is 19.4 Å². The van der Waals surface area contributed by atoms with Crippen LogP contribution >= 0.6 is 12.4 Å². The largest absolute Gasteiger partial charge is 0.370 e. The molecule has 0 fully saturated rings. The van der Waals surface area contributed by atoms with Crippen LogP contribution in [0, 0.1) is 5.41 Å². The van der Waals surface area contributed by atoms with Crippen molar-refractivity contribution in [2.45, 2.75) is 26.3 Å². The van der Waals surface area contributed by atoms with E-state index in [-0.39, 0.29) is 30.4 Å². The summed E-state index contributed by atoms with van der Waals surface area (Å²) < 4.78 is 0. The summed E-state index contributed by atoms with van der Waals surface area (Å²) in [5.74, 6) is 0.0336. The first-order valence-electron chi connectivity index (χ1n) is 5.99. The molecular formula is C13H22ClN5. The number of hydrogen-bond donors (Lipinski definition) is 3. The fourth-order valence-corrected chi connectivity index (χ4v) is 1.69. The number of nitrogens with zero attached hydrogens (tertiary/aromatic N) is 2. The van der Waals surface area contributed by atoms with Crippen LogP contribution < -0.4 is 11.5 Å². The van der Waals surface area contributed by atoms with Crippen molar-refractivity contribution in [3.63, 3.8) is 0 Å². The third-order valence-electron chi connectivity index (χ3n) is 2.61. The summed E-state index contributed by atoms with van der Waals surface area (Å²) in [7, 11) is 0. The molecule has 0 radical (unpaired) electrons. The van der Waals surface area contributed by atoms with Crippen LogP contribution in [0.4, 0.5) is 0 Å². The zero-order valence-electron chi connectivity index (χ0n) is 11.3. The molecule has 0 saturated heterocycles. The highest BCUT2D eigenvalue weighted by atomic mass is 35.5. The minimum absolute atomic E-state index is 0. The van der Waals surface area contributed by atoms with Gasteiger partial charge in [-0.25, -0.2) is 0 Å². The average molecular weight is 284 g/mol. The first-order valence-corrected chi connectivity index (χ1v) is 5.99. The Morgan fingerprint density at radius 2 is 1.84 bits per heavy atom. The van der Waals surface area contributed by atoms with Crippen molar-refractivity contribution in [2.24, 2.45) is 16.5 Å². The van der Waals surface area contributed by atoms with Crippen molar-refractivity contribution in [1.29, 1.82) is 5.41 Å². The number of rotatable bonds is 4. The van der Waals surface area contributed by atoms with Gasteiger partial charge in [0.25, 0.3) is 0 Å². The van der Waals surface area contributed by atoms with E-state index in [1.807, 2.05) is 36.9 Å². The fraction of sp³-hybridized carbons (Fsp3) is 0.385. The first-order chi connectivity index (χ1) is 8.50. The standard InChI is InChI=1S/C13H21N5.ClH/c1-10(2)18(13(16)17-12(14)15)9-8-11-6-4-3-5-7-11;/h3-7,10H,8-9H2,1-2H3,(H5,14,15,16,17);1H. The lowest BCUT2D eigenvalue weighted by molar-refractivity contribution is 0.347. The van der Waals surface area contributed by atoms with E-state index in [1.165, 1.54) is 5.56 Å². The normalized spacial score (nSPS) is 9.63. The summed E-state index contributed by atoms with van der Waals surface area (Å²) in [5.41, 5.74) is 11.8. The molecule has 0 amide bonds. The van der Waals surface area contributed by atoms with Gasteiger partial charge in [0.1, 0.15) is 0 Å². The van der Waals surface area contributed by atoms with Crippen molar-refractivity contribution in [3.05, 3.63) is 35.9 Å². The second-order valence-electron chi connectivity index (χ2n) is 4.38. The molecule has 1 rings (SSSR count). The van der Waals surface area contributed by atoms with E-state index >= 15 is 0 Å². The molecule has 0 aromatic heterocycles. The van der Waals surface area contributed by atoms with Crippen LogP contribution in [0.5, 0.6) is 0 Å². The molecule has 0 aliphatic rings. The third-order valence-corrected chi connectivity index (χ3v) is 2.61. The van der Waals surface area contributed by atoms with Gasteiger partial charge in [-0.1, -0.05) is 30.3 Å². The maximum absolute atomic E-state index is 7.85. The van der Waals surface area contributed by atoms with Gasteiger partial charge in [-0.2, -0.15) is 4.99 Å². The Kier molecular flexibility index (Phi) is 7.60. The second-order valence-corrected chi connectivity index (χ2v) is 4.38. The van der Waals surface area contributed by atoms with Gasteiger partial charge in [0.2, 0.25) is 5.96 Å². The molecule has 0 atom stereocenters. The van der Waals surface area contributed by atoms with Crippen LogP contribution in [-0.2, 0) is 6.42 Å². The van der Waals surface area contributed by atoms with E-state index in [0.29, 0.717) is 0 Å². The van der Waals surface area contributed by atoms with Gasteiger partial charge in [-0.3, -0.25) is 5.41 Å². The molecule has 0 aliphatic carbocycles. The predicted molar refractivity (Wildman–Crippen MR) is 82.8 cm³/mol. The Morgan fingerprint density at radius 3 is 2.32 bits per heavy atom. The summed E-state index contributed by atoms with van der Waals surface area (Å²) in [5, 5.41) is 7.85. The Hall–Kier alpha value is -1.75. The molecule has 0 aliphatic heterocycles. The lowest BCUT2D eigenvalue weighted by atomic mass is 10.1. The van der Waals surface area contributed by atoms with Gasteiger partial charge in [-0.15, -0.1) is 12.4 Å². The molecule has 1 aromatic carbocycles. The van der Waals surface area contributed by atoms with Gasteiger partial charge in [-0.05, 0) is 25.8 Å². The molecule has 0 heterocycles. The van der Waals surface area contributed by atoms with E-state index in [4.69, 9.17) is 16.9 Å². The second kappa shape index (κ2) is 8.37. The number of aliphatic imine (C=N–C) groups is 1. The molecule has 0 bridgehead atoms. The SMILES string of the molecule is CC(C)N(CCc1ccccc1)C(=N)N=C(N)N.Cl. The van der Waals surface area contributed by atoms with Crippen LogP contribution in [-0.4, -0.2) is 29.4 Å². The molecule has 106 valence electrons. The Balaban J connectivity index is 0.00000324. The van der Waals surface area contributed by atoms with Gasteiger partial charge in [0.15, 0.2) is 5.96 Å². The van der Waals surface area contributed by atoms with Gasteiger partial charge >= 0.3 is 0 Å². The third kappa shape index (κ3) is 6.10. The van der Waals surface area contributed by atoms with Gasteiger partial charge < -0.3 is 16.4 Å². The molecule has 0 unspecified atom stereocenters. The summed E-state index contributed by atoms with van der Waals surface area (Å²) in [6.45, 7) is 4.75. The molecular weight excluding hydrogens is 262 g/mol. The zero-order chi connectivity index (χ0) is 13.5. The fourth-order valence-electron chi connectivity index (χ4n) is 1.69. The topological polar surface area (TPSA) is 91.5 Å². The Labute approximate surface area is 120 Å². The minimum Gasteiger partial charge on any atom is -0.370 e. The molecule has 6 heteroatoms. The van der Waals surface area contributed by atoms with Crippen molar-refractivity contribution in [3.8, 4) is 0 Å². The number of nitrogens with two attached hydrogens (primary N) is 2. The molecule has 5 N–H and O–H groups in total. The molecule has 0 saturated carbocycles. The molecule has 0 spiro atoms. The van der Waals surface area contributed by atoms with Crippen molar-refractivity contribution in [1.82, 2.24) is 4.90 Å². The van der Waals surface area contributed by atoms with Gasteiger partial charge in [0, 0.05) is 12.6 Å².